The standard InChI is InChI=1S/C16H18N4O2S/c17-15(21)14-9-20-13-6-10(3-4-12(13)19-16(20)23-14)7-18-8-11-2-1-5-22-11/h3-4,6,9,11,18H,1-2,5,7-8H2,(H2,17,21)/t11-/m1/s1. The topological polar surface area (TPSA) is 81.7 Å². The Kier molecular flexibility index (Phi) is 3.76. The van der Waals surface area contributed by atoms with Gasteiger partial charge in [0.15, 0.2) is 4.96 Å². The van der Waals surface area contributed by atoms with Gasteiger partial charge in [0.25, 0.3) is 5.91 Å². The number of rotatable bonds is 5. The summed E-state index contributed by atoms with van der Waals surface area (Å²) < 4.78 is 7.55. The largest absolute Gasteiger partial charge is 0.377 e. The Morgan fingerprint density at radius 1 is 1.52 bits per heavy atom. The van der Waals surface area contributed by atoms with E-state index >= 15 is 0 Å². The van der Waals surface area contributed by atoms with E-state index in [9.17, 15) is 4.79 Å². The number of imidazole rings is 1. The van der Waals surface area contributed by atoms with Gasteiger partial charge in [0, 0.05) is 25.9 Å². The molecule has 0 aliphatic carbocycles. The minimum atomic E-state index is -0.414. The average Bonchev–Trinajstić information content (AvgIpc) is 3.22. The summed E-state index contributed by atoms with van der Waals surface area (Å²) in [6, 6.07) is 6.20. The van der Waals surface area contributed by atoms with E-state index in [1.165, 1.54) is 16.9 Å². The number of aromatic nitrogens is 2. The highest BCUT2D eigenvalue weighted by atomic mass is 32.1. The zero-order valence-corrected chi connectivity index (χ0v) is 13.4. The van der Waals surface area contributed by atoms with E-state index in [1.807, 2.05) is 10.5 Å². The maximum atomic E-state index is 11.3. The first-order valence-electron chi connectivity index (χ1n) is 7.73. The zero-order chi connectivity index (χ0) is 15.8. The summed E-state index contributed by atoms with van der Waals surface area (Å²) in [5.41, 5.74) is 8.46. The van der Waals surface area contributed by atoms with Gasteiger partial charge < -0.3 is 15.8 Å². The molecule has 3 N–H and O–H groups in total. The smallest absolute Gasteiger partial charge is 0.260 e. The van der Waals surface area contributed by atoms with Crippen LogP contribution in [-0.4, -0.2) is 34.5 Å². The number of primary amides is 1. The number of hydrogen-bond donors (Lipinski definition) is 2. The first-order valence-corrected chi connectivity index (χ1v) is 8.55. The lowest BCUT2D eigenvalue weighted by atomic mass is 10.2. The van der Waals surface area contributed by atoms with Crippen LogP contribution in [0.1, 0.15) is 28.1 Å². The number of thiazole rings is 1. The lowest BCUT2D eigenvalue weighted by Crippen LogP contribution is -2.25. The van der Waals surface area contributed by atoms with Crippen molar-refractivity contribution < 1.29 is 9.53 Å². The molecule has 1 atom stereocenters. The molecule has 3 heterocycles. The molecule has 1 aliphatic heterocycles. The van der Waals surface area contributed by atoms with Crippen molar-refractivity contribution in [3.8, 4) is 0 Å². The second-order valence-electron chi connectivity index (χ2n) is 5.81. The molecule has 1 aromatic carbocycles. The van der Waals surface area contributed by atoms with Gasteiger partial charge in [0.2, 0.25) is 0 Å². The first-order chi connectivity index (χ1) is 11.2. The van der Waals surface area contributed by atoms with Gasteiger partial charge in [-0.15, -0.1) is 0 Å². The molecule has 120 valence electrons. The van der Waals surface area contributed by atoms with Gasteiger partial charge in [-0.05, 0) is 30.5 Å². The van der Waals surface area contributed by atoms with Crippen LogP contribution >= 0.6 is 11.3 Å². The molecule has 0 radical (unpaired) electrons. The molecule has 3 aromatic rings. The maximum Gasteiger partial charge on any atom is 0.260 e. The summed E-state index contributed by atoms with van der Waals surface area (Å²) in [5, 5.41) is 3.45. The lowest BCUT2D eigenvalue weighted by molar-refractivity contribution is 0.100. The van der Waals surface area contributed by atoms with Gasteiger partial charge in [-0.25, -0.2) is 4.98 Å². The van der Waals surface area contributed by atoms with E-state index in [0.29, 0.717) is 11.0 Å². The Morgan fingerprint density at radius 3 is 3.22 bits per heavy atom. The number of nitrogens with two attached hydrogens (primary N) is 1. The highest BCUT2D eigenvalue weighted by Gasteiger charge is 2.15. The van der Waals surface area contributed by atoms with Gasteiger partial charge in [-0.3, -0.25) is 9.20 Å². The molecular formula is C16H18N4O2S. The maximum absolute atomic E-state index is 11.3. The van der Waals surface area contributed by atoms with Crippen molar-refractivity contribution in [2.45, 2.75) is 25.5 Å². The van der Waals surface area contributed by atoms with Crippen LogP contribution in [0.3, 0.4) is 0 Å². The number of nitrogens with one attached hydrogen (secondary N) is 1. The number of hydrogen-bond acceptors (Lipinski definition) is 5. The fourth-order valence-corrected chi connectivity index (χ4v) is 3.81. The predicted molar refractivity (Wildman–Crippen MR) is 89.8 cm³/mol. The molecule has 1 amide bonds. The highest BCUT2D eigenvalue weighted by Crippen LogP contribution is 2.24. The molecule has 0 bridgehead atoms. The van der Waals surface area contributed by atoms with Crippen LogP contribution in [0, 0.1) is 0 Å². The minimum absolute atomic E-state index is 0.343. The fourth-order valence-electron chi connectivity index (χ4n) is 2.96. The van der Waals surface area contributed by atoms with Crippen molar-refractivity contribution >= 4 is 33.2 Å². The van der Waals surface area contributed by atoms with Gasteiger partial charge in [-0.1, -0.05) is 17.4 Å². The number of amides is 1. The fraction of sp³-hybridized carbons (Fsp3) is 0.375. The van der Waals surface area contributed by atoms with Gasteiger partial charge in [0.05, 0.1) is 17.1 Å². The number of carbonyl (C=O) groups is 1. The normalized spacial score (nSPS) is 18.2. The molecule has 1 aliphatic rings. The first kappa shape index (κ1) is 14.6. The van der Waals surface area contributed by atoms with Crippen LogP contribution in [0.4, 0.5) is 0 Å². The third-order valence-corrected chi connectivity index (χ3v) is 5.13. The molecule has 2 aromatic heterocycles. The Bertz CT molecular complexity index is 864. The quantitative estimate of drug-likeness (QED) is 0.749. The third-order valence-electron chi connectivity index (χ3n) is 4.14. The van der Waals surface area contributed by atoms with Crippen LogP contribution < -0.4 is 11.1 Å². The van der Waals surface area contributed by atoms with E-state index in [-0.39, 0.29) is 0 Å². The monoisotopic (exact) mass is 330 g/mol. The van der Waals surface area contributed by atoms with Gasteiger partial charge in [0.1, 0.15) is 4.88 Å². The van der Waals surface area contributed by atoms with Crippen LogP contribution in [0.5, 0.6) is 0 Å². The van der Waals surface area contributed by atoms with E-state index in [1.54, 1.807) is 6.20 Å². The minimum Gasteiger partial charge on any atom is -0.377 e. The number of nitrogens with zero attached hydrogens (tertiary/aromatic N) is 2. The van der Waals surface area contributed by atoms with Crippen LogP contribution in [0.2, 0.25) is 0 Å². The van der Waals surface area contributed by atoms with Crippen molar-refractivity contribution in [1.29, 1.82) is 0 Å². The van der Waals surface area contributed by atoms with E-state index < -0.39 is 5.91 Å². The number of fused-ring (bicyclic) bond motifs is 3. The van der Waals surface area contributed by atoms with Crippen LogP contribution in [0.15, 0.2) is 24.4 Å². The lowest BCUT2D eigenvalue weighted by Gasteiger charge is -2.10. The summed E-state index contributed by atoms with van der Waals surface area (Å²) in [4.78, 5) is 17.2. The Morgan fingerprint density at radius 2 is 2.43 bits per heavy atom. The Balaban J connectivity index is 1.55. The van der Waals surface area contributed by atoms with Gasteiger partial charge in [-0.2, -0.15) is 0 Å². The number of ether oxygens (including phenoxy) is 1. The second-order valence-corrected chi connectivity index (χ2v) is 6.82. The summed E-state index contributed by atoms with van der Waals surface area (Å²) >= 11 is 1.32. The SMILES string of the molecule is NC(=O)c1cn2c(nc3ccc(CNC[C@H]4CCCO4)cc32)s1. The molecular weight excluding hydrogens is 312 g/mol. The van der Waals surface area contributed by atoms with Crippen molar-refractivity contribution in [3.05, 3.63) is 34.8 Å². The predicted octanol–water partition coefficient (Wildman–Crippen LogP) is 1.92. The molecule has 0 spiro atoms. The van der Waals surface area contributed by atoms with Crippen LogP contribution in [-0.2, 0) is 11.3 Å². The zero-order valence-electron chi connectivity index (χ0n) is 12.6. The molecule has 1 saturated heterocycles. The van der Waals surface area contributed by atoms with Crippen molar-refractivity contribution in [3.63, 3.8) is 0 Å². The second kappa shape index (κ2) is 5.92. The molecule has 23 heavy (non-hydrogen) atoms. The Labute approximate surface area is 137 Å². The van der Waals surface area contributed by atoms with Gasteiger partial charge >= 0.3 is 0 Å². The van der Waals surface area contributed by atoms with Crippen molar-refractivity contribution in [2.75, 3.05) is 13.2 Å². The highest BCUT2D eigenvalue weighted by molar-refractivity contribution is 7.18. The molecule has 7 heteroatoms. The number of benzene rings is 1. The van der Waals surface area contributed by atoms with Crippen molar-refractivity contribution in [2.24, 2.45) is 5.73 Å². The van der Waals surface area contributed by atoms with E-state index in [0.717, 1.165) is 48.5 Å². The number of carbonyl (C=O) groups excluding carboxylic acids is 1. The van der Waals surface area contributed by atoms with Crippen LogP contribution in [0.25, 0.3) is 16.0 Å². The Hall–Kier alpha value is -1.96. The molecule has 0 unspecified atom stereocenters. The molecule has 6 nitrogen and oxygen atoms in total. The summed E-state index contributed by atoms with van der Waals surface area (Å²) in [6.07, 6.45) is 4.41. The van der Waals surface area contributed by atoms with E-state index in [2.05, 4.69) is 22.4 Å². The molecule has 4 rings (SSSR count). The van der Waals surface area contributed by atoms with E-state index in [4.69, 9.17) is 10.5 Å². The summed E-state index contributed by atoms with van der Waals surface area (Å²) in [7, 11) is 0. The average molecular weight is 330 g/mol. The van der Waals surface area contributed by atoms with Crippen molar-refractivity contribution in [1.82, 2.24) is 14.7 Å². The third kappa shape index (κ3) is 2.83. The molecule has 1 fully saturated rings. The molecule has 0 saturated carbocycles. The summed E-state index contributed by atoms with van der Waals surface area (Å²) in [5.74, 6) is -0.414. The summed E-state index contributed by atoms with van der Waals surface area (Å²) in [6.45, 7) is 2.55.